The number of amides is 1. The number of hydrogen-bond donors (Lipinski definition) is 2. The first kappa shape index (κ1) is 17.3. The van der Waals surface area contributed by atoms with Crippen molar-refractivity contribution in [2.75, 3.05) is 13.2 Å². The second-order valence-electron chi connectivity index (χ2n) is 6.08. The first-order valence-corrected chi connectivity index (χ1v) is 9.62. The Bertz CT molecular complexity index is 1040. The fraction of sp³-hybridized carbons (Fsp3) is 0.143. The number of thiophene rings is 1. The van der Waals surface area contributed by atoms with Gasteiger partial charge < -0.3 is 15.0 Å². The number of aromatic nitrogens is 2. The molecular formula is C21H19N3O2S. The minimum absolute atomic E-state index is 0.0592. The summed E-state index contributed by atoms with van der Waals surface area (Å²) in [5.74, 6) is 0.743. The number of para-hydroxylation sites is 1. The van der Waals surface area contributed by atoms with Gasteiger partial charge in [0, 0.05) is 17.8 Å². The largest absolute Gasteiger partial charge is 0.492 e. The highest BCUT2D eigenvalue weighted by Gasteiger charge is 2.14. The molecular weight excluding hydrogens is 358 g/mol. The third-order valence-corrected chi connectivity index (χ3v) is 5.24. The quantitative estimate of drug-likeness (QED) is 0.478. The van der Waals surface area contributed by atoms with Gasteiger partial charge >= 0.3 is 0 Å². The number of pyridine rings is 1. The van der Waals surface area contributed by atoms with Gasteiger partial charge in [0.2, 0.25) is 0 Å². The highest BCUT2D eigenvalue weighted by atomic mass is 32.1. The molecule has 0 saturated carbocycles. The molecule has 4 aromatic rings. The van der Waals surface area contributed by atoms with E-state index in [-0.39, 0.29) is 5.91 Å². The van der Waals surface area contributed by atoms with Crippen LogP contribution in [-0.2, 0) is 6.42 Å². The van der Waals surface area contributed by atoms with Crippen LogP contribution in [0, 0.1) is 0 Å². The number of nitrogens with zero attached hydrogens (tertiary/aromatic N) is 1. The number of rotatable bonds is 7. The fourth-order valence-corrected chi connectivity index (χ4v) is 3.82. The van der Waals surface area contributed by atoms with Crippen molar-refractivity contribution in [3.05, 3.63) is 82.3 Å². The van der Waals surface area contributed by atoms with Crippen LogP contribution in [0.5, 0.6) is 5.75 Å². The normalized spacial score (nSPS) is 10.8. The lowest BCUT2D eigenvalue weighted by Crippen LogP contribution is -2.28. The van der Waals surface area contributed by atoms with Gasteiger partial charge in [-0.05, 0) is 53.3 Å². The van der Waals surface area contributed by atoms with Crippen molar-refractivity contribution in [3.8, 4) is 5.75 Å². The van der Waals surface area contributed by atoms with Crippen LogP contribution in [0.25, 0.3) is 11.0 Å². The second-order valence-corrected chi connectivity index (χ2v) is 7.00. The third kappa shape index (κ3) is 4.01. The molecule has 3 aromatic heterocycles. The summed E-state index contributed by atoms with van der Waals surface area (Å²) >= 11 is 1.46. The van der Waals surface area contributed by atoms with E-state index in [0.29, 0.717) is 19.6 Å². The van der Waals surface area contributed by atoms with Gasteiger partial charge in [-0.25, -0.2) is 4.98 Å². The van der Waals surface area contributed by atoms with E-state index in [9.17, 15) is 4.79 Å². The molecule has 6 heteroatoms. The molecule has 4 rings (SSSR count). The molecule has 0 atom stereocenters. The molecule has 5 nitrogen and oxygen atoms in total. The molecule has 0 aliphatic rings. The molecule has 0 unspecified atom stereocenters. The Morgan fingerprint density at radius 2 is 2.00 bits per heavy atom. The van der Waals surface area contributed by atoms with E-state index in [4.69, 9.17) is 4.74 Å². The number of fused-ring (bicyclic) bond motifs is 1. The maximum Gasteiger partial charge on any atom is 0.261 e. The maximum atomic E-state index is 12.6. The van der Waals surface area contributed by atoms with Gasteiger partial charge in [-0.2, -0.15) is 0 Å². The summed E-state index contributed by atoms with van der Waals surface area (Å²) in [6, 6.07) is 15.6. The van der Waals surface area contributed by atoms with Gasteiger partial charge in [0.25, 0.3) is 5.91 Å². The van der Waals surface area contributed by atoms with Crippen molar-refractivity contribution in [1.29, 1.82) is 0 Å². The van der Waals surface area contributed by atoms with E-state index in [1.165, 1.54) is 11.3 Å². The standard InChI is InChI=1S/C21H19N3O2S/c25-21(24-11-12-26-17-4-2-1-3-5-17)19-16(8-13-27-19)14-15-6-9-22-20-18(15)7-10-23-20/h1-10,13H,11-12,14H2,(H,22,23)(H,24,25). The number of ether oxygens (including phenoxy) is 1. The Balaban J connectivity index is 1.38. The van der Waals surface area contributed by atoms with E-state index < -0.39 is 0 Å². The summed E-state index contributed by atoms with van der Waals surface area (Å²) in [6.07, 6.45) is 4.37. The lowest BCUT2D eigenvalue weighted by Gasteiger charge is -2.08. The summed E-state index contributed by atoms with van der Waals surface area (Å²) in [7, 11) is 0. The summed E-state index contributed by atoms with van der Waals surface area (Å²) in [5.41, 5.74) is 3.04. The zero-order valence-corrected chi connectivity index (χ0v) is 15.5. The Morgan fingerprint density at radius 3 is 2.89 bits per heavy atom. The Kier molecular flexibility index (Phi) is 5.16. The van der Waals surface area contributed by atoms with Crippen LogP contribution < -0.4 is 10.1 Å². The number of nitrogens with one attached hydrogen (secondary N) is 2. The average Bonchev–Trinajstić information content (AvgIpc) is 3.36. The molecule has 0 saturated heterocycles. The summed E-state index contributed by atoms with van der Waals surface area (Å²) in [6.45, 7) is 0.896. The van der Waals surface area contributed by atoms with Crippen molar-refractivity contribution in [1.82, 2.24) is 15.3 Å². The first-order chi connectivity index (χ1) is 13.3. The second kappa shape index (κ2) is 8.05. The molecule has 0 bridgehead atoms. The third-order valence-electron chi connectivity index (χ3n) is 4.28. The summed E-state index contributed by atoms with van der Waals surface area (Å²) in [5, 5.41) is 5.99. The van der Waals surface area contributed by atoms with Crippen molar-refractivity contribution >= 4 is 28.3 Å². The number of carbonyl (C=O) groups is 1. The van der Waals surface area contributed by atoms with Gasteiger partial charge in [0.05, 0.1) is 11.4 Å². The monoisotopic (exact) mass is 377 g/mol. The Hall–Kier alpha value is -3.12. The van der Waals surface area contributed by atoms with E-state index in [1.54, 1.807) is 6.20 Å². The highest BCUT2D eigenvalue weighted by molar-refractivity contribution is 7.12. The SMILES string of the molecule is O=C(NCCOc1ccccc1)c1sccc1Cc1ccnc2[nH]ccc12. The molecule has 0 spiro atoms. The van der Waals surface area contributed by atoms with Crippen molar-refractivity contribution < 1.29 is 9.53 Å². The Labute approximate surface area is 161 Å². The average molecular weight is 377 g/mol. The number of carbonyl (C=O) groups excluding carboxylic acids is 1. The topological polar surface area (TPSA) is 67.0 Å². The molecule has 2 N–H and O–H groups in total. The molecule has 27 heavy (non-hydrogen) atoms. The molecule has 136 valence electrons. The van der Waals surface area contributed by atoms with E-state index in [1.807, 2.05) is 60.1 Å². The van der Waals surface area contributed by atoms with Crippen molar-refractivity contribution in [2.24, 2.45) is 0 Å². The van der Waals surface area contributed by atoms with Crippen LogP contribution >= 0.6 is 11.3 Å². The molecule has 0 radical (unpaired) electrons. The summed E-state index contributed by atoms with van der Waals surface area (Å²) < 4.78 is 5.62. The van der Waals surface area contributed by atoms with Crippen LogP contribution in [0.15, 0.2) is 66.3 Å². The highest BCUT2D eigenvalue weighted by Crippen LogP contribution is 2.24. The van der Waals surface area contributed by atoms with Crippen LogP contribution in [0.1, 0.15) is 20.8 Å². The molecule has 1 amide bonds. The minimum Gasteiger partial charge on any atom is -0.492 e. The smallest absolute Gasteiger partial charge is 0.261 e. The number of H-pyrrole nitrogens is 1. The molecule has 0 aliphatic heterocycles. The van der Waals surface area contributed by atoms with Gasteiger partial charge in [0.1, 0.15) is 18.0 Å². The van der Waals surface area contributed by atoms with Crippen LogP contribution in [-0.4, -0.2) is 29.0 Å². The zero-order valence-electron chi connectivity index (χ0n) is 14.6. The van der Waals surface area contributed by atoms with Gasteiger partial charge in [-0.1, -0.05) is 18.2 Å². The van der Waals surface area contributed by atoms with Crippen LogP contribution in [0.3, 0.4) is 0 Å². The fourth-order valence-electron chi connectivity index (χ4n) is 2.98. The lowest BCUT2D eigenvalue weighted by atomic mass is 10.0. The van der Waals surface area contributed by atoms with Gasteiger partial charge in [-0.15, -0.1) is 11.3 Å². The summed E-state index contributed by atoms with van der Waals surface area (Å²) in [4.78, 5) is 20.8. The van der Waals surface area contributed by atoms with Crippen molar-refractivity contribution in [2.45, 2.75) is 6.42 Å². The first-order valence-electron chi connectivity index (χ1n) is 8.74. The number of hydrogen-bond acceptors (Lipinski definition) is 4. The number of benzene rings is 1. The predicted molar refractivity (Wildman–Crippen MR) is 107 cm³/mol. The minimum atomic E-state index is -0.0592. The van der Waals surface area contributed by atoms with E-state index in [2.05, 4.69) is 15.3 Å². The van der Waals surface area contributed by atoms with Crippen LogP contribution in [0.2, 0.25) is 0 Å². The Morgan fingerprint density at radius 1 is 1.11 bits per heavy atom. The lowest BCUT2D eigenvalue weighted by molar-refractivity contribution is 0.0950. The van der Waals surface area contributed by atoms with Gasteiger partial charge in [0.15, 0.2) is 0 Å². The molecule has 0 fully saturated rings. The van der Waals surface area contributed by atoms with E-state index in [0.717, 1.165) is 32.8 Å². The van der Waals surface area contributed by atoms with E-state index >= 15 is 0 Å². The maximum absolute atomic E-state index is 12.6. The molecule has 3 heterocycles. The van der Waals surface area contributed by atoms with Gasteiger partial charge in [-0.3, -0.25) is 4.79 Å². The molecule has 0 aliphatic carbocycles. The number of aromatic amines is 1. The zero-order chi connectivity index (χ0) is 18.5. The molecule has 1 aromatic carbocycles. The predicted octanol–water partition coefficient (Wildman–Crippen LogP) is 4.02. The van der Waals surface area contributed by atoms with Crippen LogP contribution in [0.4, 0.5) is 0 Å². The van der Waals surface area contributed by atoms with Crippen molar-refractivity contribution in [3.63, 3.8) is 0 Å².